The van der Waals surface area contributed by atoms with E-state index in [1.807, 2.05) is 30.3 Å². The largest absolute Gasteiger partial charge is 0.389 e. The van der Waals surface area contributed by atoms with Crippen molar-refractivity contribution in [3.63, 3.8) is 0 Å². The van der Waals surface area contributed by atoms with Crippen LogP contribution in [-0.2, 0) is 20.7 Å². The molecule has 1 saturated heterocycles. The molecule has 0 radical (unpaired) electrons. The average Bonchev–Trinajstić information content (AvgIpc) is 2.65. The van der Waals surface area contributed by atoms with E-state index in [9.17, 15) is 14.7 Å². The van der Waals surface area contributed by atoms with E-state index >= 15 is 0 Å². The molecular formula is C16H22N2O4. The molecule has 0 saturated carbocycles. The van der Waals surface area contributed by atoms with E-state index in [2.05, 4.69) is 0 Å². The molecule has 2 amide bonds. The van der Waals surface area contributed by atoms with E-state index in [-0.39, 0.29) is 37.9 Å². The van der Waals surface area contributed by atoms with Crippen LogP contribution in [0.3, 0.4) is 0 Å². The molecule has 1 aliphatic rings. The second-order valence-electron chi connectivity index (χ2n) is 5.42. The molecule has 1 aromatic carbocycles. The van der Waals surface area contributed by atoms with Crippen LogP contribution in [-0.4, -0.2) is 72.7 Å². The summed E-state index contributed by atoms with van der Waals surface area (Å²) in [5, 5.41) is 10.0. The van der Waals surface area contributed by atoms with E-state index < -0.39 is 6.10 Å². The predicted octanol–water partition coefficient (Wildman–Crippen LogP) is -0.0928. The molecule has 0 spiro atoms. The summed E-state index contributed by atoms with van der Waals surface area (Å²) in [6, 6.07) is 9.38. The molecule has 0 aliphatic carbocycles. The van der Waals surface area contributed by atoms with Crippen LogP contribution in [0, 0.1) is 0 Å². The molecule has 1 unspecified atom stereocenters. The zero-order chi connectivity index (χ0) is 15.9. The molecule has 0 bridgehead atoms. The Morgan fingerprint density at radius 2 is 2.05 bits per heavy atom. The van der Waals surface area contributed by atoms with E-state index in [0.29, 0.717) is 13.2 Å². The summed E-state index contributed by atoms with van der Waals surface area (Å²) in [4.78, 5) is 27.5. The highest BCUT2D eigenvalue weighted by Gasteiger charge is 2.28. The molecule has 120 valence electrons. The Morgan fingerprint density at radius 1 is 1.32 bits per heavy atom. The fraction of sp³-hybridized carbons (Fsp3) is 0.500. The summed E-state index contributed by atoms with van der Waals surface area (Å²) < 4.78 is 4.97. The van der Waals surface area contributed by atoms with Crippen LogP contribution < -0.4 is 0 Å². The number of ether oxygens (including phenoxy) is 1. The van der Waals surface area contributed by atoms with Gasteiger partial charge in [0.15, 0.2) is 0 Å². The predicted molar refractivity (Wildman–Crippen MR) is 81.2 cm³/mol. The van der Waals surface area contributed by atoms with Gasteiger partial charge in [-0.25, -0.2) is 0 Å². The van der Waals surface area contributed by atoms with Crippen LogP contribution in [0.5, 0.6) is 0 Å². The number of benzene rings is 1. The summed E-state index contributed by atoms with van der Waals surface area (Å²) in [5.74, 6) is -0.304. The molecule has 1 heterocycles. The van der Waals surface area contributed by atoms with E-state index in [0.717, 1.165) is 5.56 Å². The fourth-order valence-corrected chi connectivity index (χ4v) is 2.49. The quantitative estimate of drug-likeness (QED) is 0.825. The minimum atomic E-state index is -0.733. The van der Waals surface area contributed by atoms with Crippen LogP contribution >= 0.6 is 0 Å². The van der Waals surface area contributed by atoms with Crippen molar-refractivity contribution in [1.29, 1.82) is 0 Å². The van der Waals surface area contributed by atoms with Crippen LogP contribution in [0.1, 0.15) is 5.56 Å². The van der Waals surface area contributed by atoms with Gasteiger partial charge in [-0.2, -0.15) is 0 Å². The number of hydrogen-bond donors (Lipinski definition) is 1. The van der Waals surface area contributed by atoms with Gasteiger partial charge in [0.25, 0.3) is 0 Å². The highest BCUT2D eigenvalue weighted by atomic mass is 16.5. The van der Waals surface area contributed by atoms with Crippen molar-refractivity contribution in [3.05, 3.63) is 35.9 Å². The molecule has 1 fully saturated rings. The number of amides is 2. The number of carbonyl (C=O) groups is 2. The van der Waals surface area contributed by atoms with Crippen molar-refractivity contribution >= 4 is 11.8 Å². The lowest BCUT2D eigenvalue weighted by Crippen LogP contribution is -2.41. The van der Waals surface area contributed by atoms with E-state index in [1.54, 1.807) is 12.0 Å². The van der Waals surface area contributed by atoms with Crippen molar-refractivity contribution in [1.82, 2.24) is 9.80 Å². The number of hydrogen-bond acceptors (Lipinski definition) is 4. The minimum Gasteiger partial charge on any atom is -0.389 e. The standard InChI is InChI=1S/C16H22N2O4/c1-22-8-7-17-10-14(19)11-18(12-16(17)21)15(20)9-13-5-3-2-4-6-13/h2-6,14,19H,7-12H2,1H3. The Kier molecular flexibility index (Phi) is 5.91. The first-order chi connectivity index (χ1) is 10.6. The molecule has 2 rings (SSSR count). The van der Waals surface area contributed by atoms with Gasteiger partial charge in [0.05, 0.1) is 25.7 Å². The lowest BCUT2D eigenvalue weighted by Gasteiger charge is -2.21. The zero-order valence-electron chi connectivity index (χ0n) is 12.8. The third kappa shape index (κ3) is 4.54. The molecule has 1 atom stereocenters. The number of aliphatic hydroxyl groups is 1. The Morgan fingerprint density at radius 3 is 2.73 bits per heavy atom. The Hall–Kier alpha value is -1.92. The van der Waals surface area contributed by atoms with Gasteiger partial charge >= 0.3 is 0 Å². The van der Waals surface area contributed by atoms with Gasteiger partial charge in [0.1, 0.15) is 0 Å². The monoisotopic (exact) mass is 306 g/mol. The summed E-state index contributed by atoms with van der Waals surface area (Å²) in [6.07, 6.45) is -0.498. The Balaban J connectivity index is 1.99. The first-order valence-electron chi connectivity index (χ1n) is 7.36. The molecule has 6 nitrogen and oxygen atoms in total. The van der Waals surface area contributed by atoms with Gasteiger partial charge in [-0.1, -0.05) is 30.3 Å². The number of methoxy groups -OCH3 is 1. The first-order valence-corrected chi connectivity index (χ1v) is 7.36. The third-order valence-corrected chi connectivity index (χ3v) is 3.66. The molecule has 1 N–H and O–H groups in total. The van der Waals surface area contributed by atoms with Crippen LogP contribution in [0.4, 0.5) is 0 Å². The van der Waals surface area contributed by atoms with Crippen LogP contribution in [0.25, 0.3) is 0 Å². The van der Waals surface area contributed by atoms with Crippen molar-refractivity contribution < 1.29 is 19.4 Å². The van der Waals surface area contributed by atoms with Crippen LogP contribution in [0.15, 0.2) is 30.3 Å². The molecule has 6 heteroatoms. The van der Waals surface area contributed by atoms with Gasteiger partial charge in [-0.05, 0) is 5.56 Å². The van der Waals surface area contributed by atoms with Crippen molar-refractivity contribution in [2.75, 3.05) is 39.9 Å². The lowest BCUT2D eigenvalue weighted by molar-refractivity contribution is -0.138. The Labute approximate surface area is 130 Å². The normalized spacial score (nSPS) is 19.2. The molecular weight excluding hydrogens is 284 g/mol. The topological polar surface area (TPSA) is 70.1 Å². The minimum absolute atomic E-state index is 0.00639. The molecule has 22 heavy (non-hydrogen) atoms. The number of nitrogens with zero attached hydrogens (tertiary/aromatic N) is 2. The second-order valence-corrected chi connectivity index (χ2v) is 5.42. The number of carbonyl (C=O) groups excluding carboxylic acids is 2. The zero-order valence-corrected chi connectivity index (χ0v) is 12.8. The molecule has 1 aliphatic heterocycles. The van der Waals surface area contributed by atoms with E-state index in [4.69, 9.17) is 4.74 Å². The maximum atomic E-state index is 12.4. The number of β-amino-alcohol motifs (C(OH)–C–C–N with tert-alkyl or cyclic N) is 1. The van der Waals surface area contributed by atoms with Crippen molar-refractivity contribution in [2.45, 2.75) is 12.5 Å². The maximum absolute atomic E-state index is 12.4. The van der Waals surface area contributed by atoms with Gasteiger partial charge in [0, 0.05) is 26.7 Å². The SMILES string of the molecule is COCCN1CC(O)CN(C(=O)Cc2ccccc2)CC1=O. The fourth-order valence-electron chi connectivity index (χ4n) is 2.49. The van der Waals surface area contributed by atoms with Gasteiger partial charge in [0.2, 0.25) is 11.8 Å². The number of aliphatic hydroxyl groups excluding tert-OH is 1. The van der Waals surface area contributed by atoms with Gasteiger partial charge in [-0.15, -0.1) is 0 Å². The van der Waals surface area contributed by atoms with Gasteiger partial charge in [-0.3, -0.25) is 9.59 Å². The summed E-state index contributed by atoms with van der Waals surface area (Å²) in [5.41, 5.74) is 0.898. The van der Waals surface area contributed by atoms with Crippen molar-refractivity contribution in [2.24, 2.45) is 0 Å². The summed E-state index contributed by atoms with van der Waals surface area (Å²) in [7, 11) is 1.56. The highest BCUT2D eigenvalue weighted by Crippen LogP contribution is 2.09. The molecule has 1 aromatic rings. The van der Waals surface area contributed by atoms with Gasteiger partial charge < -0.3 is 19.6 Å². The lowest BCUT2D eigenvalue weighted by atomic mass is 10.1. The third-order valence-electron chi connectivity index (χ3n) is 3.66. The second kappa shape index (κ2) is 7.91. The number of rotatable bonds is 5. The summed E-state index contributed by atoms with van der Waals surface area (Å²) >= 11 is 0. The Bertz CT molecular complexity index is 506. The smallest absolute Gasteiger partial charge is 0.242 e. The molecule has 0 aromatic heterocycles. The first kappa shape index (κ1) is 16.5. The maximum Gasteiger partial charge on any atom is 0.242 e. The average molecular weight is 306 g/mol. The summed E-state index contributed by atoms with van der Waals surface area (Å²) in [6.45, 7) is 1.26. The van der Waals surface area contributed by atoms with Crippen molar-refractivity contribution in [3.8, 4) is 0 Å². The highest BCUT2D eigenvalue weighted by molar-refractivity contribution is 5.86. The van der Waals surface area contributed by atoms with E-state index in [1.165, 1.54) is 4.90 Å². The van der Waals surface area contributed by atoms with Crippen LogP contribution in [0.2, 0.25) is 0 Å².